The third-order valence-corrected chi connectivity index (χ3v) is 1.84. The Kier molecular flexibility index (Phi) is 1.04. The highest BCUT2D eigenvalue weighted by Gasteiger charge is 2.51. The van der Waals surface area contributed by atoms with Crippen LogP contribution in [-0.4, -0.2) is 23.6 Å². The van der Waals surface area contributed by atoms with Crippen LogP contribution in [0.5, 0.6) is 0 Å². The molecule has 0 aliphatic carbocycles. The van der Waals surface area contributed by atoms with E-state index in [1.165, 1.54) is 6.21 Å². The van der Waals surface area contributed by atoms with E-state index in [-0.39, 0.29) is 18.2 Å². The minimum absolute atomic E-state index is 0.0891. The Balaban J connectivity index is 2.26. The topological polar surface area (TPSA) is 67.8 Å². The molecule has 1 unspecified atom stereocenters. The third-order valence-electron chi connectivity index (χ3n) is 1.84. The van der Waals surface area contributed by atoms with Crippen molar-refractivity contribution in [3.8, 4) is 0 Å². The van der Waals surface area contributed by atoms with Gasteiger partial charge in [-0.15, -0.1) is 0 Å². The van der Waals surface area contributed by atoms with Crippen LogP contribution < -0.4 is 5.32 Å². The van der Waals surface area contributed by atoms with Crippen molar-refractivity contribution in [2.24, 2.45) is 5.16 Å². The summed E-state index contributed by atoms with van der Waals surface area (Å²) in [6.07, 6.45) is 1.98. The van der Waals surface area contributed by atoms with Gasteiger partial charge in [-0.2, -0.15) is 0 Å². The molecule has 1 fully saturated rings. The first-order valence-corrected chi connectivity index (χ1v) is 3.27. The second kappa shape index (κ2) is 1.81. The molecule has 0 radical (unpaired) electrons. The van der Waals surface area contributed by atoms with Gasteiger partial charge in [-0.3, -0.25) is 14.9 Å². The van der Waals surface area contributed by atoms with E-state index >= 15 is 0 Å². The maximum absolute atomic E-state index is 11.1. The second-order valence-electron chi connectivity index (χ2n) is 2.63. The summed E-state index contributed by atoms with van der Waals surface area (Å²) >= 11 is 0. The predicted octanol–water partition coefficient (Wildman–Crippen LogP) is -0.822. The first-order chi connectivity index (χ1) is 5.23. The van der Waals surface area contributed by atoms with E-state index in [0.717, 1.165) is 0 Å². The van der Waals surface area contributed by atoms with Gasteiger partial charge in [0.05, 0.1) is 6.42 Å². The number of hydrogen-bond acceptors (Lipinski definition) is 4. The van der Waals surface area contributed by atoms with Crippen LogP contribution >= 0.6 is 0 Å². The van der Waals surface area contributed by atoms with Crippen LogP contribution in [0.15, 0.2) is 5.16 Å². The lowest BCUT2D eigenvalue weighted by molar-refractivity contribution is -0.138. The summed E-state index contributed by atoms with van der Waals surface area (Å²) in [7, 11) is 0. The van der Waals surface area contributed by atoms with Crippen LogP contribution in [0.25, 0.3) is 0 Å². The average Bonchev–Trinajstić information content (AvgIpc) is 2.45. The number of nitrogens with zero attached hydrogens (tertiary/aromatic N) is 1. The Labute approximate surface area is 62.4 Å². The van der Waals surface area contributed by atoms with Gasteiger partial charge in [0, 0.05) is 12.6 Å². The minimum Gasteiger partial charge on any atom is -0.378 e. The molecule has 2 rings (SSSR count). The van der Waals surface area contributed by atoms with Gasteiger partial charge >= 0.3 is 0 Å². The Morgan fingerprint density at radius 3 is 2.91 bits per heavy atom. The molecule has 2 amide bonds. The SMILES string of the molecule is O=C1CC2(CC=NO2)C(=O)N1. The molecule has 11 heavy (non-hydrogen) atoms. The van der Waals surface area contributed by atoms with E-state index in [4.69, 9.17) is 4.84 Å². The summed E-state index contributed by atoms with van der Waals surface area (Å²) in [5.74, 6) is -0.666. The lowest BCUT2D eigenvalue weighted by atomic mass is 9.99. The van der Waals surface area contributed by atoms with Crippen LogP contribution in [-0.2, 0) is 14.4 Å². The molecule has 5 heteroatoms. The van der Waals surface area contributed by atoms with Crippen LogP contribution in [0.2, 0.25) is 0 Å². The summed E-state index contributed by atoms with van der Waals surface area (Å²) in [6.45, 7) is 0. The summed E-state index contributed by atoms with van der Waals surface area (Å²) in [4.78, 5) is 26.6. The second-order valence-corrected chi connectivity index (χ2v) is 2.63. The number of carbonyl (C=O) groups is 2. The highest BCUT2D eigenvalue weighted by atomic mass is 16.7. The molecule has 5 nitrogen and oxygen atoms in total. The van der Waals surface area contributed by atoms with Gasteiger partial charge in [0.2, 0.25) is 11.5 Å². The van der Waals surface area contributed by atoms with Crippen molar-refractivity contribution < 1.29 is 14.4 Å². The average molecular weight is 154 g/mol. The smallest absolute Gasteiger partial charge is 0.274 e. The van der Waals surface area contributed by atoms with Crippen molar-refractivity contribution >= 4 is 18.0 Å². The third kappa shape index (κ3) is 0.736. The van der Waals surface area contributed by atoms with Gasteiger partial charge in [0.15, 0.2) is 0 Å². The molecular weight excluding hydrogens is 148 g/mol. The number of amides is 2. The molecule has 0 saturated carbocycles. The van der Waals surface area contributed by atoms with Gasteiger partial charge < -0.3 is 4.84 Å². The monoisotopic (exact) mass is 154 g/mol. The molecule has 0 aromatic rings. The number of imide groups is 1. The number of rotatable bonds is 0. The van der Waals surface area contributed by atoms with Gasteiger partial charge in [-0.25, -0.2) is 0 Å². The van der Waals surface area contributed by atoms with E-state index in [2.05, 4.69) is 10.5 Å². The van der Waals surface area contributed by atoms with Crippen molar-refractivity contribution in [1.82, 2.24) is 5.32 Å². The molecule has 2 heterocycles. The minimum atomic E-state index is -1.00. The fourth-order valence-electron chi connectivity index (χ4n) is 1.22. The van der Waals surface area contributed by atoms with Crippen LogP contribution in [0.1, 0.15) is 12.8 Å². The maximum Gasteiger partial charge on any atom is 0.274 e. The maximum atomic E-state index is 11.1. The first-order valence-electron chi connectivity index (χ1n) is 3.27. The molecule has 0 bridgehead atoms. The molecule has 0 aromatic heterocycles. The standard InChI is InChI=1S/C6H6N2O3/c9-4-3-6(5(10)8-4)1-2-7-11-6/h2H,1,3H2,(H,8,9,10). The molecule has 58 valence electrons. The quantitative estimate of drug-likeness (QED) is 0.463. The van der Waals surface area contributed by atoms with Crippen LogP contribution in [0.3, 0.4) is 0 Å². The summed E-state index contributed by atoms with van der Waals surface area (Å²) < 4.78 is 0. The summed E-state index contributed by atoms with van der Waals surface area (Å²) in [5.41, 5.74) is -1.00. The fraction of sp³-hybridized carbons (Fsp3) is 0.500. The highest BCUT2D eigenvalue weighted by molar-refractivity contribution is 6.09. The molecule has 1 N–H and O–H groups in total. The Bertz CT molecular complexity index is 251. The normalized spacial score (nSPS) is 34.5. The number of nitrogens with one attached hydrogen (secondary N) is 1. The van der Waals surface area contributed by atoms with E-state index in [0.29, 0.717) is 6.42 Å². The van der Waals surface area contributed by atoms with Gasteiger partial charge in [-0.05, 0) is 0 Å². The molecule has 1 atom stereocenters. The molecule has 1 spiro atoms. The number of carbonyl (C=O) groups excluding carboxylic acids is 2. The molecule has 2 aliphatic heterocycles. The van der Waals surface area contributed by atoms with Crippen LogP contribution in [0.4, 0.5) is 0 Å². The van der Waals surface area contributed by atoms with Crippen molar-refractivity contribution in [1.29, 1.82) is 0 Å². The largest absolute Gasteiger partial charge is 0.378 e. The zero-order valence-corrected chi connectivity index (χ0v) is 5.66. The van der Waals surface area contributed by atoms with E-state index in [1.54, 1.807) is 0 Å². The van der Waals surface area contributed by atoms with E-state index in [9.17, 15) is 9.59 Å². The van der Waals surface area contributed by atoms with Crippen molar-refractivity contribution in [2.75, 3.05) is 0 Å². The molecule has 2 aliphatic rings. The Morgan fingerprint density at radius 1 is 1.64 bits per heavy atom. The predicted molar refractivity (Wildman–Crippen MR) is 34.7 cm³/mol. The molecule has 0 aromatic carbocycles. The van der Waals surface area contributed by atoms with Gasteiger partial charge in [-0.1, -0.05) is 5.16 Å². The molecular formula is C6H6N2O3. The zero-order chi connectivity index (χ0) is 7.90. The Morgan fingerprint density at radius 2 is 2.45 bits per heavy atom. The van der Waals surface area contributed by atoms with Crippen LogP contribution in [0, 0.1) is 0 Å². The Hall–Kier alpha value is -1.39. The van der Waals surface area contributed by atoms with Crippen molar-refractivity contribution in [3.05, 3.63) is 0 Å². The van der Waals surface area contributed by atoms with E-state index in [1.807, 2.05) is 0 Å². The first kappa shape index (κ1) is 6.33. The molecule has 1 saturated heterocycles. The number of hydrogen-bond donors (Lipinski definition) is 1. The lowest BCUT2D eigenvalue weighted by Gasteiger charge is -2.13. The van der Waals surface area contributed by atoms with Gasteiger partial charge in [0.25, 0.3) is 5.91 Å². The lowest BCUT2D eigenvalue weighted by Crippen LogP contribution is -2.37. The summed E-state index contributed by atoms with van der Waals surface area (Å²) in [6, 6.07) is 0. The van der Waals surface area contributed by atoms with Gasteiger partial charge in [0.1, 0.15) is 0 Å². The van der Waals surface area contributed by atoms with E-state index < -0.39 is 5.60 Å². The highest BCUT2D eigenvalue weighted by Crippen LogP contribution is 2.28. The van der Waals surface area contributed by atoms with Crippen molar-refractivity contribution in [3.63, 3.8) is 0 Å². The number of oxime groups is 1. The van der Waals surface area contributed by atoms with Crippen molar-refractivity contribution in [2.45, 2.75) is 18.4 Å². The fourth-order valence-corrected chi connectivity index (χ4v) is 1.22. The summed E-state index contributed by atoms with van der Waals surface area (Å²) in [5, 5.41) is 5.63. The zero-order valence-electron chi connectivity index (χ0n) is 5.66.